The molecule has 10 heterocycles. The molecule has 1 atom stereocenters. The van der Waals surface area contributed by atoms with Gasteiger partial charge in [-0.05, 0) is 153 Å². The number of aliphatic hydroxyl groups excluding tert-OH is 2. The summed E-state index contributed by atoms with van der Waals surface area (Å²) in [5.74, 6) is 5.13. The summed E-state index contributed by atoms with van der Waals surface area (Å²) in [6, 6.07) is 33.0. The predicted octanol–water partition coefficient (Wildman–Crippen LogP) is 14.1. The number of nitrogens with one attached hydrogen (secondary N) is 10. The highest BCUT2D eigenvalue weighted by Gasteiger charge is 2.29. The van der Waals surface area contributed by atoms with Gasteiger partial charge in [0, 0.05) is 111 Å². The van der Waals surface area contributed by atoms with Crippen molar-refractivity contribution >= 4 is 125 Å². The molecule has 33 heteroatoms. The summed E-state index contributed by atoms with van der Waals surface area (Å²) in [4.78, 5) is 88.6. The predicted molar refractivity (Wildman–Crippen MR) is 445 cm³/mol. The van der Waals surface area contributed by atoms with Gasteiger partial charge in [-0.15, -0.1) is 0 Å². The maximum Gasteiger partial charge on any atom is 0.251 e. The van der Waals surface area contributed by atoms with E-state index in [0.29, 0.717) is 146 Å². The summed E-state index contributed by atoms with van der Waals surface area (Å²) in [5.41, 5.74) is 15.2. The number of carbonyl (C=O) groups is 3. The molecular formula is C85H87N19O14. The molecule has 0 spiro atoms. The Morgan fingerprint density at radius 3 is 1.33 bits per heavy atom. The van der Waals surface area contributed by atoms with Crippen LogP contribution in [-0.2, 0) is 4.74 Å². The second kappa shape index (κ2) is 34.3. The van der Waals surface area contributed by atoms with Crippen LogP contribution < -0.4 is 60.9 Å². The van der Waals surface area contributed by atoms with Crippen molar-refractivity contribution in [2.75, 3.05) is 82.6 Å². The zero-order chi connectivity index (χ0) is 81.7. The van der Waals surface area contributed by atoms with Crippen LogP contribution in [0.2, 0.25) is 0 Å². The van der Waals surface area contributed by atoms with Gasteiger partial charge in [-0.3, -0.25) is 14.4 Å². The Balaban J connectivity index is 0.000000133. The SMILES string of the molecule is CNC(=O)c1ccc(Nc2nc(NC3CC3)c3c(-c4ccc5nc(C)oc5c4)c[nH]c3n2)c(OC)c1.COc1cc(C(=O)NCCO)ccc1Nc1nc(OC2CCOCC2)c2c(-c3ccc4nc(C)oc4c3)c[nH]c2n1.COc1cc(C(=O)N[C@H](C)CO)ccc1Nc1nc(OC2CCCC2)c2c(-c3ccc4nc(C)oc4c3)c[nH]c2n1. The fourth-order valence-corrected chi connectivity index (χ4v) is 14.3. The number of carbonyl (C=O) groups excluding carboxylic acids is 3. The lowest BCUT2D eigenvalue weighted by Crippen LogP contribution is -2.34. The molecule has 606 valence electrons. The van der Waals surface area contributed by atoms with E-state index in [2.05, 4.69) is 67.1 Å². The van der Waals surface area contributed by atoms with Crippen LogP contribution in [0.25, 0.3) is 99.8 Å². The van der Waals surface area contributed by atoms with E-state index in [9.17, 15) is 19.5 Å². The molecule has 118 heavy (non-hydrogen) atoms. The lowest BCUT2D eigenvalue weighted by molar-refractivity contribution is 0.0244. The zero-order valence-corrected chi connectivity index (χ0v) is 65.9. The third kappa shape index (κ3) is 17.1. The number of hydrogen-bond acceptors (Lipinski definition) is 27. The van der Waals surface area contributed by atoms with Crippen molar-refractivity contribution in [1.29, 1.82) is 0 Å². The Bertz CT molecular complexity index is 6230. The van der Waals surface area contributed by atoms with E-state index in [1.165, 1.54) is 14.2 Å². The monoisotopic (exact) mass is 1600 g/mol. The normalized spacial score (nSPS) is 13.9. The van der Waals surface area contributed by atoms with Gasteiger partial charge in [-0.2, -0.15) is 29.9 Å². The molecule has 0 radical (unpaired) electrons. The van der Waals surface area contributed by atoms with Crippen LogP contribution in [0.4, 0.5) is 40.7 Å². The van der Waals surface area contributed by atoms with Gasteiger partial charge < -0.3 is 104 Å². The summed E-state index contributed by atoms with van der Waals surface area (Å²) in [7, 11) is 6.20. The van der Waals surface area contributed by atoms with Crippen LogP contribution in [0.3, 0.4) is 0 Å². The van der Waals surface area contributed by atoms with Crippen LogP contribution in [0.1, 0.15) is 107 Å². The number of amides is 3. The van der Waals surface area contributed by atoms with Gasteiger partial charge in [0.25, 0.3) is 17.7 Å². The number of anilines is 7. The number of oxazole rings is 3. The number of rotatable bonds is 25. The highest BCUT2D eigenvalue weighted by molar-refractivity contribution is 6.05. The number of aliphatic hydroxyl groups is 2. The molecule has 6 aromatic carbocycles. The van der Waals surface area contributed by atoms with Gasteiger partial charge in [0.2, 0.25) is 29.6 Å². The van der Waals surface area contributed by atoms with E-state index in [-0.39, 0.29) is 55.7 Å². The zero-order valence-electron chi connectivity index (χ0n) is 65.9. The molecule has 9 aromatic heterocycles. The second-order valence-electron chi connectivity index (χ2n) is 28.7. The minimum Gasteiger partial charge on any atom is -0.495 e. The average Bonchev–Trinajstić information content (AvgIpc) is 1.61. The molecule has 3 aliphatic rings. The fraction of sp³-hybridized carbons (Fsp3) is 0.294. The maximum atomic E-state index is 12.5. The summed E-state index contributed by atoms with van der Waals surface area (Å²) >= 11 is 0. The van der Waals surface area contributed by atoms with Gasteiger partial charge >= 0.3 is 0 Å². The Hall–Kier alpha value is -13.9. The first-order valence-corrected chi connectivity index (χ1v) is 38.8. The Morgan fingerprint density at radius 1 is 0.492 bits per heavy atom. The number of aromatic nitrogens is 12. The number of hydrogen-bond donors (Lipinski definition) is 12. The van der Waals surface area contributed by atoms with Gasteiger partial charge in [0.15, 0.2) is 34.4 Å². The lowest BCUT2D eigenvalue weighted by atomic mass is 10.1. The van der Waals surface area contributed by atoms with Gasteiger partial charge in [-0.1, -0.05) is 18.2 Å². The number of aromatic amines is 3. The van der Waals surface area contributed by atoms with Gasteiger partial charge in [0.05, 0.1) is 81.0 Å². The summed E-state index contributed by atoms with van der Waals surface area (Å²) in [6.45, 7) is 8.34. The van der Waals surface area contributed by atoms with Crippen LogP contribution in [-0.4, -0.2) is 173 Å². The minimum atomic E-state index is -0.364. The van der Waals surface area contributed by atoms with E-state index < -0.39 is 0 Å². The topological polar surface area (TPSA) is 434 Å². The molecular weight excluding hydrogens is 1510 g/mol. The van der Waals surface area contributed by atoms with Crippen LogP contribution in [0, 0.1) is 20.8 Å². The fourth-order valence-electron chi connectivity index (χ4n) is 14.3. The first-order valence-electron chi connectivity index (χ1n) is 38.8. The standard InChI is InChI=1S/C30H32N6O5.C29H30N6O6.C26H25N7O3/c1-16(15-37)32-28(38)19-9-11-22(24(13-19)39-3)34-30-35-27-26(29(36-30)41-20-6-4-5-7-20)21(14-31-27)18-8-10-23-25(12-18)40-17(2)33-23;1-16-32-22-5-3-17(13-24(22)40-16)20-15-31-26-25(20)28(41-19-7-11-39-12-8-19)35-29(34-26)33-21-6-4-18(14-23(21)38-2)27(37)30-9-10-36;1-13-29-19-8-4-14(10-21(19)36-13)17-12-28-23-22(17)24(30-16-6-7-16)33-26(32-23)31-18-9-5-15(25(34)27-2)11-20(18)35-3/h8-14,16,20,37H,4-7,15H2,1-3H3,(H,32,38)(H2,31,34,35,36);3-6,13-15,19,36H,7-12H2,1-2H3,(H,30,37)(H2,31,33,34,35);4-5,8-12,16H,6-7H2,1-3H3,(H,27,34)(H3,28,30,31,32,33)/t16-;;/m1../s1. The summed E-state index contributed by atoms with van der Waals surface area (Å²) in [5, 5.41) is 41.9. The van der Waals surface area contributed by atoms with Crippen molar-refractivity contribution < 1.29 is 66.3 Å². The Kier molecular flexibility index (Phi) is 22.6. The van der Waals surface area contributed by atoms with Crippen LogP contribution in [0.5, 0.6) is 29.0 Å². The van der Waals surface area contributed by atoms with Crippen molar-refractivity contribution in [2.45, 2.75) is 103 Å². The maximum absolute atomic E-state index is 12.5. The largest absolute Gasteiger partial charge is 0.495 e. The van der Waals surface area contributed by atoms with E-state index in [1.807, 2.05) is 94.0 Å². The first kappa shape index (κ1) is 78.0. The Morgan fingerprint density at radius 2 is 0.907 bits per heavy atom. The third-order valence-electron chi connectivity index (χ3n) is 20.3. The number of H-pyrrole nitrogens is 3. The highest BCUT2D eigenvalue weighted by atomic mass is 16.5. The van der Waals surface area contributed by atoms with E-state index in [1.54, 1.807) is 75.7 Å². The molecule has 15 aromatic rings. The lowest BCUT2D eigenvalue weighted by Gasteiger charge is -2.23. The van der Waals surface area contributed by atoms with Crippen molar-refractivity contribution in [3.63, 3.8) is 0 Å². The van der Waals surface area contributed by atoms with Crippen LogP contribution in [0.15, 0.2) is 141 Å². The number of nitrogens with zero attached hydrogens (tertiary/aromatic N) is 9. The average molecular weight is 1600 g/mol. The van der Waals surface area contributed by atoms with E-state index in [0.717, 1.165) is 129 Å². The molecule has 3 amide bonds. The third-order valence-corrected chi connectivity index (χ3v) is 20.3. The molecule has 1 saturated heterocycles. The molecule has 1 aliphatic heterocycles. The van der Waals surface area contributed by atoms with Crippen molar-refractivity contribution in [1.82, 2.24) is 75.8 Å². The van der Waals surface area contributed by atoms with Crippen molar-refractivity contribution in [3.8, 4) is 62.4 Å². The quantitative estimate of drug-likeness (QED) is 0.0253. The summed E-state index contributed by atoms with van der Waals surface area (Å²) < 4.78 is 52.4. The molecule has 33 nitrogen and oxygen atoms in total. The van der Waals surface area contributed by atoms with E-state index in [4.69, 9.17) is 76.7 Å². The molecule has 2 aliphatic carbocycles. The smallest absolute Gasteiger partial charge is 0.251 e. The number of methoxy groups -OCH3 is 3. The molecule has 0 bridgehead atoms. The molecule has 2 saturated carbocycles. The molecule has 3 fully saturated rings. The van der Waals surface area contributed by atoms with Crippen LogP contribution >= 0.6 is 0 Å². The number of fused-ring (bicyclic) bond motifs is 6. The molecule has 12 N–H and O–H groups in total. The minimum absolute atomic E-state index is 0.0527. The Labute approximate surface area is 674 Å². The number of aryl methyl sites for hydroxylation is 3. The van der Waals surface area contributed by atoms with Crippen molar-refractivity contribution in [3.05, 3.63) is 162 Å². The summed E-state index contributed by atoms with van der Waals surface area (Å²) in [6.07, 6.45) is 13.7. The van der Waals surface area contributed by atoms with Crippen molar-refractivity contribution in [2.24, 2.45) is 0 Å². The van der Waals surface area contributed by atoms with E-state index >= 15 is 0 Å². The second-order valence-corrected chi connectivity index (χ2v) is 28.7. The van der Waals surface area contributed by atoms with Gasteiger partial charge in [-0.25, -0.2) is 15.0 Å². The number of ether oxygens (including phenoxy) is 6. The molecule has 0 unspecified atom stereocenters. The highest BCUT2D eigenvalue weighted by Crippen LogP contribution is 2.43. The van der Waals surface area contributed by atoms with Gasteiger partial charge in [0.1, 0.15) is 68.8 Å². The molecule has 18 rings (SSSR count). The first-order chi connectivity index (χ1) is 57.4. The number of benzene rings is 6.